The summed E-state index contributed by atoms with van der Waals surface area (Å²) >= 11 is 0. The number of imidazole rings is 1. The molecule has 0 aliphatic heterocycles. The summed E-state index contributed by atoms with van der Waals surface area (Å²) in [5.74, 6) is -0.184. The molecule has 0 saturated carbocycles. The Morgan fingerprint density at radius 3 is 2.91 bits per heavy atom. The van der Waals surface area contributed by atoms with Gasteiger partial charge in [-0.25, -0.2) is 13.4 Å². The lowest BCUT2D eigenvalue weighted by molar-refractivity contribution is -0.120. The topological polar surface area (TPSA) is 104 Å². The first kappa shape index (κ1) is 15.5. The Balaban J connectivity index is 1.68. The predicted molar refractivity (Wildman–Crippen MR) is 87.6 cm³/mol. The minimum Gasteiger partial charge on any atom is -0.348 e. The monoisotopic (exact) mass is 334 g/mol. The molecular formula is C15H18N4O3S. The van der Waals surface area contributed by atoms with Gasteiger partial charge in [-0.2, -0.15) is 0 Å². The lowest BCUT2D eigenvalue weighted by Crippen LogP contribution is -2.28. The van der Waals surface area contributed by atoms with Gasteiger partial charge in [-0.05, 0) is 31.0 Å². The standard InChI is InChI=1S/C15H18N4O3S/c1-23(21,22)19-12-4-2-3-11(8-12)18-15(20)10-5-6-13-14(7-10)17-9-16-13/h2-4,8-10,19H,5-7H2,1H3,(H,16,17)(H,18,20). The normalized spacial score (nSPS) is 17.3. The number of nitrogens with zero attached hydrogens (tertiary/aromatic N) is 1. The first-order valence-electron chi connectivity index (χ1n) is 7.30. The van der Waals surface area contributed by atoms with Crippen molar-refractivity contribution in [3.63, 3.8) is 0 Å². The average molecular weight is 334 g/mol. The highest BCUT2D eigenvalue weighted by atomic mass is 32.2. The zero-order valence-corrected chi connectivity index (χ0v) is 13.5. The maximum atomic E-state index is 12.4. The number of anilines is 2. The van der Waals surface area contributed by atoms with E-state index in [1.54, 1.807) is 30.6 Å². The molecule has 1 heterocycles. The minimum absolute atomic E-state index is 0.0678. The van der Waals surface area contributed by atoms with Crippen LogP contribution in [-0.4, -0.2) is 30.5 Å². The number of carbonyl (C=O) groups is 1. The lowest BCUT2D eigenvalue weighted by Gasteiger charge is -2.20. The Hall–Kier alpha value is -2.35. The second-order valence-corrected chi connectivity index (χ2v) is 7.46. The molecule has 3 rings (SSSR count). The molecule has 0 bridgehead atoms. The van der Waals surface area contributed by atoms with Crippen molar-refractivity contribution in [2.24, 2.45) is 5.92 Å². The number of sulfonamides is 1. The summed E-state index contributed by atoms with van der Waals surface area (Å²) in [5, 5.41) is 2.85. The fourth-order valence-corrected chi connectivity index (χ4v) is 3.30. The van der Waals surface area contributed by atoms with Crippen LogP contribution >= 0.6 is 0 Å². The first-order chi connectivity index (χ1) is 10.9. The van der Waals surface area contributed by atoms with E-state index >= 15 is 0 Å². The fourth-order valence-electron chi connectivity index (χ4n) is 2.74. The van der Waals surface area contributed by atoms with Crippen molar-refractivity contribution < 1.29 is 13.2 Å². The molecule has 0 saturated heterocycles. The third-order valence-electron chi connectivity index (χ3n) is 3.79. The Labute approximate surface area is 134 Å². The summed E-state index contributed by atoms with van der Waals surface area (Å²) in [7, 11) is -3.34. The van der Waals surface area contributed by atoms with E-state index in [9.17, 15) is 13.2 Å². The molecule has 1 aromatic heterocycles. The van der Waals surface area contributed by atoms with Crippen LogP contribution in [0.1, 0.15) is 17.8 Å². The summed E-state index contributed by atoms with van der Waals surface area (Å²) in [6, 6.07) is 6.66. The van der Waals surface area contributed by atoms with E-state index < -0.39 is 10.0 Å². The van der Waals surface area contributed by atoms with Crippen molar-refractivity contribution >= 4 is 27.3 Å². The number of H-pyrrole nitrogens is 1. The molecule has 1 atom stereocenters. The number of fused-ring (bicyclic) bond motifs is 1. The van der Waals surface area contributed by atoms with Crippen molar-refractivity contribution in [2.45, 2.75) is 19.3 Å². The highest BCUT2D eigenvalue weighted by molar-refractivity contribution is 7.92. The van der Waals surface area contributed by atoms with E-state index in [4.69, 9.17) is 0 Å². The van der Waals surface area contributed by atoms with Gasteiger partial charge in [-0.15, -0.1) is 0 Å². The number of aryl methyl sites for hydroxylation is 1. The number of amides is 1. The van der Waals surface area contributed by atoms with Crippen LogP contribution < -0.4 is 10.0 Å². The maximum Gasteiger partial charge on any atom is 0.229 e. The van der Waals surface area contributed by atoms with Gasteiger partial charge in [0.05, 0.1) is 24.0 Å². The smallest absolute Gasteiger partial charge is 0.229 e. The molecule has 0 spiro atoms. The maximum absolute atomic E-state index is 12.4. The number of benzene rings is 1. The van der Waals surface area contributed by atoms with Crippen LogP contribution in [0.2, 0.25) is 0 Å². The van der Waals surface area contributed by atoms with Crippen LogP contribution in [0.3, 0.4) is 0 Å². The highest BCUT2D eigenvalue weighted by Crippen LogP contribution is 2.24. The Kier molecular flexibility index (Phi) is 4.08. The number of rotatable bonds is 4. The molecule has 0 radical (unpaired) electrons. The second-order valence-electron chi connectivity index (χ2n) is 5.71. The summed E-state index contributed by atoms with van der Waals surface area (Å²) in [4.78, 5) is 19.7. The number of hydrogen-bond acceptors (Lipinski definition) is 4. The van der Waals surface area contributed by atoms with E-state index in [0.717, 1.165) is 30.5 Å². The summed E-state index contributed by atoms with van der Waals surface area (Å²) in [6.07, 6.45) is 4.92. The fraction of sp³-hybridized carbons (Fsp3) is 0.333. The van der Waals surface area contributed by atoms with Gasteiger partial charge in [-0.1, -0.05) is 6.07 Å². The van der Waals surface area contributed by atoms with Crippen LogP contribution in [0.4, 0.5) is 11.4 Å². The molecule has 1 aliphatic rings. The molecular weight excluding hydrogens is 316 g/mol. The number of carbonyl (C=O) groups excluding carboxylic acids is 1. The molecule has 0 fully saturated rings. The molecule has 7 nitrogen and oxygen atoms in total. The zero-order valence-electron chi connectivity index (χ0n) is 12.7. The van der Waals surface area contributed by atoms with Gasteiger partial charge in [0.1, 0.15) is 0 Å². The molecule has 3 N–H and O–H groups in total. The van der Waals surface area contributed by atoms with Crippen LogP contribution in [0.5, 0.6) is 0 Å². The van der Waals surface area contributed by atoms with Gasteiger partial charge in [0.25, 0.3) is 0 Å². The molecule has 1 aliphatic carbocycles. The predicted octanol–water partition coefficient (Wildman–Crippen LogP) is 1.52. The van der Waals surface area contributed by atoms with E-state index in [1.165, 1.54) is 0 Å². The van der Waals surface area contributed by atoms with Gasteiger partial charge in [0, 0.05) is 23.7 Å². The van der Waals surface area contributed by atoms with Gasteiger partial charge >= 0.3 is 0 Å². The summed E-state index contributed by atoms with van der Waals surface area (Å²) in [5.41, 5.74) is 3.04. The van der Waals surface area contributed by atoms with Crippen molar-refractivity contribution in [2.75, 3.05) is 16.3 Å². The minimum atomic E-state index is -3.34. The molecule has 23 heavy (non-hydrogen) atoms. The Morgan fingerprint density at radius 2 is 2.13 bits per heavy atom. The molecule has 1 aromatic carbocycles. The highest BCUT2D eigenvalue weighted by Gasteiger charge is 2.26. The summed E-state index contributed by atoms with van der Waals surface area (Å²) in [6.45, 7) is 0. The van der Waals surface area contributed by atoms with Crippen LogP contribution in [0.25, 0.3) is 0 Å². The first-order valence-corrected chi connectivity index (χ1v) is 9.20. The third kappa shape index (κ3) is 3.89. The van der Waals surface area contributed by atoms with E-state index in [2.05, 4.69) is 20.0 Å². The van der Waals surface area contributed by atoms with Gasteiger partial charge in [-0.3, -0.25) is 9.52 Å². The molecule has 8 heteroatoms. The summed E-state index contributed by atoms with van der Waals surface area (Å²) < 4.78 is 24.9. The van der Waals surface area contributed by atoms with Crippen molar-refractivity contribution in [3.8, 4) is 0 Å². The number of aromatic amines is 1. The van der Waals surface area contributed by atoms with Crippen molar-refractivity contribution in [3.05, 3.63) is 42.0 Å². The van der Waals surface area contributed by atoms with Crippen LogP contribution in [0.15, 0.2) is 30.6 Å². The van der Waals surface area contributed by atoms with E-state index in [-0.39, 0.29) is 11.8 Å². The number of hydrogen-bond donors (Lipinski definition) is 3. The third-order valence-corrected chi connectivity index (χ3v) is 4.40. The molecule has 1 unspecified atom stereocenters. The van der Waals surface area contributed by atoms with Gasteiger partial charge < -0.3 is 10.3 Å². The second kappa shape index (κ2) is 6.04. The largest absolute Gasteiger partial charge is 0.348 e. The van der Waals surface area contributed by atoms with E-state index in [0.29, 0.717) is 17.8 Å². The van der Waals surface area contributed by atoms with Gasteiger partial charge in [0.15, 0.2) is 0 Å². The number of nitrogens with one attached hydrogen (secondary N) is 3. The van der Waals surface area contributed by atoms with Crippen molar-refractivity contribution in [1.82, 2.24) is 9.97 Å². The zero-order chi connectivity index (χ0) is 16.4. The van der Waals surface area contributed by atoms with E-state index in [1.807, 2.05) is 0 Å². The quantitative estimate of drug-likeness (QED) is 0.788. The van der Waals surface area contributed by atoms with Crippen LogP contribution in [0, 0.1) is 5.92 Å². The average Bonchev–Trinajstić information content (AvgIpc) is 2.93. The van der Waals surface area contributed by atoms with Crippen molar-refractivity contribution in [1.29, 1.82) is 0 Å². The molecule has 2 aromatic rings. The SMILES string of the molecule is CS(=O)(=O)Nc1cccc(NC(=O)C2CCc3nc[nH]c3C2)c1. The Bertz CT molecular complexity index is 829. The molecule has 122 valence electrons. The molecule has 1 amide bonds. The Morgan fingerprint density at radius 1 is 1.35 bits per heavy atom. The van der Waals surface area contributed by atoms with Gasteiger partial charge in [0.2, 0.25) is 15.9 Å². The van der Waals surface area contributed by atoms with Crippen LogP contribution in [-0.2, 0) is 27.7 Å². The number of aromatic nitrogens is 2. The lowest BCUT2D eigenvalue weighted by atomic mass is 9.89.